The van der Waals surface area contributed by atoms with E-state index in [0.717, 1.165) is 12.1 Å². The summed E-state index contributed by atoms with van der Waals surface area (Å²) in [6, 6.07) is 5.05. The number of hydrogen-bond acceptors (Lipinski definition) is 2. The Kier molecular flexibility index (Phi) is 3.06. The second kappa shape index (κ2) is 4.37. The summed E-state index contributed by atoms with van der Waals surface area (Å²) in [7, 11) is 0. The van der Waals surface area contributed by atoms with E-state index in [2.05, 4.69) is 15.2 Å². The molecule has 7 heteroatoms. The molecule has 1 aromatic carbocycles. The van der Waals surface area contributed by atoms with Crippen LogP contribution in [0.2, 0.25) is 5.28 Å². The number of nitrogens with zero attached hydrogens (tertiary/aromatic N) is 2. The van der Waals surface area contributed by atoms with Crippen molar-refractivity contribution in [3.8, 4) is 0 Å². The molecular weight excluding hydrogens is 255 g/mol. The monoisotopic (exact) mass is 261 g/mol. The number of rotatable bonds is 2. The van der Waals surface area contributed by atoms with E-state index in [-0.39, 0.29) is 11.7 Å². The van der Waals surface area contributed by atoms with Crippen LogP contribution in [0.1, 0.15) is 17.0 Å². The molecule has 0 atom stereocenters. The molecule has 0 radical (unpaired) electrons. The Morgan fingerprint density at radius 2 is 2.06 bits per heavy atom. The van der Waals surface area contributed by atoms with Crippen LogP contribution in [-0.2, 0) is 12.6 Å². The lowest BCUT2D eigenvalue weighted by Crippen LogP contribution is -2.05. The zero-order chi connectivity index (χ0) is 12.5. The summed E-state index contributed by atoms with van der Waals surface area (Å²) in [5.74, 6) is 0.425. The molecule has 3 nitrogen and oxygen atoms in total. The van der Waals surface area contributed by atoms with Gasteiger partial charge in [0, 0.05) is 6.42 Å². The number of H-pyrrole nitrogens is 1. The Bertz CT molecular complexity index is 522. The average Bonchev–Trinajstić information content (AvgIpc) is 2.63. The molecule has 0 bridgehead atoms. The fourth-order valence-corrected chi connectivity index (χ4v) is 1.55. The van der Waals surface area contributed by atoms with Crippen LogP contribution < -0.4 is 0 Å². The van der Waals surface area contributed by atoms with Gasteiger partial charge in [-0.25, -0.2) is 4.98 Å². The largest absolute Gasteiger partial charge is 0.416 e. The van der Waals surface area contributed by atoms with Gasteiger partial charge in [0.2, 0.25) is 5.28 Å². The number of aromatic amines is 1. The van der Waals surface area contributed by atoms with Crippen molar-refractivity contribution in [3.63, 3.8) is 0 Å². The van der Waals surface area contributed by atoms with E-state index in [1.54, 1.807) is 6.07 Å². The first kappa shape index (κ1) is 11.9. The van der Waals surface area contributed by atoms with Crippen molar-refractivity contribution in [1.29, 1.82) is 0 Å². The van der Waals surface area contributed by atoms with Crippen LogP contribution in [0, 0.1) is 0 Å². The first-order chi connectivity index (χ1) is 7.95. The molecule has 1 heterocycles. The minimum atomic E-state index is -4.34. The molecule has 2 aromatic rings. The van der Waals surface area contributed by atoms with Gasteiger partial charge in [0.25, 0.3) is 0 Å². The Balaban J connectivity index is 2.22. The van der Waals surface area contributed by atoms with Gasteiger partial charge in [0.1, 0.15) is 5.82 Å². The first-order valence-electron chi connectivity index (χ1n) is 4.68. The van der Waals surface area contributed by atoms with Gasteiger partial charge in [0.05, 0.1) is 5.56 Å². The summed E-state index contributed by atoms with van der Waals surface area (Å²) in [5, 5.41) is 6.18. The van der Waals surface area contributed by atoms with E-state index < -0.39 is 11.7 Å². The third-order valence-corrected chi connectivity index (χ3v) is 2.30. The molecular formula is C10H7ClF3N3. The molecule has 0 amide bonds. The first-order valence-corrected chi connectivity index (χ1v) is 5.06. The molecule has 0 unspecified atom stereocenters. The van der Waals surface area contributed by atoms with Gasteiger partial charge in [-0.3, -0.25) is 5.10 Å². The third kappa shape index (κ3) is 2.97. The molecule has 1 N–H and O–H groups in total. The van der Waals surface area contributed by atoms with Gasteiger partial charge in [-0.05, 0) is 23.2 Å². The van der Waals surface area contributed by atoms with Gasteiger partial charge >= 0.3 is 6.18 Å². The number of nitrogens with one attached hydrogen (secondary N) is 1. The predicted octanol–water partition coefficient (Wildman–Crippen LogP) is 3.07. The van der Waals surface area contributed by atoms with Crippen molar-refractivity contribution in [3.05, 3.63) is 46.5 Å². The van der Waals surface area contributed by atoms with Gasteiger partial charge in [-0.15, -0.1) is 5.10 Å². The molecule has 0 aliphatic heterocycles. The third-order valence-electron chi connectivity index (χ3n) is 2.13. The van der Waals surface area contributed by atoms with E-state index in [1.807, 2.05) is 0 Å². The molecule has 2 rings (SSSR count). The van der Waals surface area contributed by atoms with Crippen LogP contribution in [0.25, 0.3) is 0 Å². The second-order valence-corrected chi connectivity index (χ2v) is 3.76. The summed E-state index contributed by atoms with van der Waals surface area (Å²) in [4.78, 5) is 3.82. The summed E-state index contributed by atoms with van der Waals surface area (Å²) in [5.41, 5.74) is -0.187. The average molecular weight is 262 g/mol. The highest BCUT2D eigenvalue weighted by Gasteiger charge is 2.30. The zero-order valence-electron chi connectivity index (χ0n) is 8.42. The molecule has 1 aromatic heterocycles. The Labute approximate surface area is 99.6 Å². The quantitative estimate of drug-likeness (QED) is 0.903. The lowest BCUT2D eigenvalue weighted by Gasteiger charge is -2.07. The number of aromatic nitrogens is 3. The van der Waals surface area contributed by atoms with E-state index in [0.29, 0.717) is 11.4 Å². The highest BCUT2D eigenvalue weighted by Crippen LogP contribution is 2.29. The Morgan fingerprint density at radius 3 is 2.65 bits per heavy atom. The number of benzene rings is 1. The molecule has 0 aliphatic carbocycles. The predicted molar refractivity (Wildman–Crippen MR) is 55.6 cm³/mol. The molecule has 90 valence electrons. The summed E-state index contributed by atoms with van der Waals surface area (Å²) >= 11 is 5.50. The van der Waals surface area contributed by atoms with Crippen molar-refractivity contribution in [2.45, 2.75) is 12.6 Å². The smallest absolute Gasteiger partial charge is 0.261 e. The lowest BCUT2D eigenvalue weighted by atomic mass is 10.1. The molecule has 0 spiro atoms. The summed E-state index contributed by atoms with van der Waals surface area (Å²) < 4.78 is 37.4. The normalized spacial score (nSPS) is 11.8. The van der Waals surface area contributed by atoms with Gasteiger partial charge in [-0.2, -0.15) is 13.2 Å². The van der Waals surface area contributed by atoms with Crippen molar-refractivity contribution in [2.75, 3.05) is 0 Å². The van der Waals surface area contributed by atoms with E-state index in [1.165, 1.54) is 6.07 Å². The van der Waals surface area contributed by atoms with E-state index in [4.69, 9.17) is 11.6 Å². The fraction of sp³-hybridized carbons (Fsp3) is 0.200. The van der Waals surface area contributed by atoms with Crippen molar-refractivity contribution in [1.82, 2.24) is 15.2 Å². The number of alkyl halides is 3. The second-order valence-electron chi connectivity index (χ2n) is 3.43. The zero-order valence-corrected chi connectivity index (χ0v) is 9.18. The number of halogens is 4. The van der Waals surface area contributed by atoms with Crippen molar-refractivity contribution < 1.29 is 13.2 Å². The van der Waals surface area contributed by atoms with Crippen LogP contribution in [0.3, 0.4) is 0 Å². The van der Waals surface area contributed by atoms with E-state index in [9.17, 15) is 13.2 Å². The number of hydrogen-bond donors (Lipinski definition) is 1. The lowest BCUT2D eigenvalue weighted by molar-refractivity contribution is -0.137. The van der Waals surface area contributed by atoms with Crippen LogP contribution in [0.15, 0.2) is 24.3 Å². The molecule has 0 saturated heterocycles. The van der Waals surface area contributed by atoms with Crippen molar-refractivity contribution >= 4 is 11.6 Å². The minimum Gasteiger partial charge on any atom is -0.261 e. The maximum atomic E-state index is 12.5. The topological polar surface area (TPSA) is 41.6 Å². The standard InChI is InChI=1S/C10H7ClF3N3/c11-9-15-8(16-17-9)5-6-2-1-3-7(4-6)10(12,13)14/h1-4H,5H2,(H,15,16,17). The molecule has 0 aliphatic rings. The minimum absolute atomic E-state index is 0.0481. The van der Waals surface area contributed by atoms with Gasteiger partial charge < -0.3 is 0 Å². The molecule has 0 fully saturated rings. The highest BCUT2D eigenvalue weighted by atomic mass is 35.5. The van der Waals surface area contributed by atoms with Crippen molar-refractivity contribution in [2.24, 2.45) is 0 Å². The van der Waals surface area contributed by atoms with Crippen LogP contribution >= 0.6 is 11.6 Å². The highest BCUT2D eigenvalue weighted by molar-refractivity contribution is 6.28. The van der Waals surface area contributed by atoms with E-state index >= 15 is 0 Å². The fourth-order valence-electron chi connectivity index (χ4n) is 1.40. The van der Waals surface area contributed by atoms with Crippen LogP contribution in [0.4, 0.5) is 13.2 Å². The van der Waals surface area contributed by atoms with Crippen LogP contribution in [0.5, 0.6) is 0 Å². The van der Waals surface area contributed by atoms with Crippen LogP contribution in [-0.4, -0.2) is 15.2 Å². The molecule has 0 saturated carbocycles. The maximum absolute atomic E-state index is 12.5. The maximum Gasteiger partial charge on any atom is 0.416 e. The van der Waals surface area contributed by atoms with Gasteiger partial charge in [0.15, 0.2) is 0 Å². The Hall–Kier alpha value is -1.56. The summed E-state index contributed by atoms with van der Waals surface area (Å²) in [6.45, 7) is 0. The summed E-state index contributed by atoms with van der Waals surface area (Å²) in [6.07, 6.45) is -4.11. The SMILES string of the molecule is FC(F)(F)c1cccc(Cc2nc(Cl)n[nH]2)c1. The molecule has 17 heavy (non-hydrogen) atoms. The van der Waals surface area contributed by atoms with Gasteiger partial charge in [-0.1, -0.05) is 18.2 Å². The Morgan fingerprint density at radius 1 is 1.29 bits per heavy atom.